The first-order valence-electron chi connectivity index (χ1n) is 11.1. The molecule has 182 valence electrons. The lowest BCUT2D eigenvalue weighted by atomic mass is 10.0. The average Bonchev–Trinajstić information content (AvgIpc) is 2.89. The maximum Gasteiger partial charge on any atom is 0.255 e. The van der Waals surface area contributed by atoms with Crippen molar-refractivity contribution in [3.8, 4) is 0 Å². The van der Waals surface area contributed by atoms with Gasteiger partial charge in [0.15, 0.2) is 17.4 Å². The molecule has 0 atom stereocenters. The topological polar surface area (TPSA) is 84.4 Å². The van der Waals surface area contributed by atoms with Crippen LogP contribution in [0.3, 0.4) is 0 Å². The lowest BCUT2D eigenvalue weighted by molar-refractivity contribution is 0.102. The van der Waals surface area contributed by atoms with Gasteiger partial charge in [-0.1, -0.05) is 0 Å². The maximum absolute atomic E-state index is 14.3. The van der Waals surface area contributed by atoms with Crippen molar-refractivity contribution in [2.24, 2.45) is 0 Å². The molecule has 0 saturated carbocycles. The van der Waals surface area contributed by atoms with Crippen molar-refractivity contribution < 1.29 is 27.5 Å². The number of carbonyl (C=O) groups is 2. The molecule has 0 radical (unpaired) electrons. The summed E-state index contributed by atoms with van der Waals surface area (Å²) in [5, 5.41) is 2.41. The summed E-state index contributed by atoms with van der Waals surface area (Å²) in [4.78, 5) is 36.7. The van der Waals surface area contributed by atoms with Crippen molar-refractivity contribution in [2.45, 2.75) is 0 Å². The molecule has 1 N–H and O–H groups in total. The number of hydrogen-bond acceptors (Lipinski definition) is 6. The maximum atomic E-state index is 14.3. The van der Waals surface area contributed by atoms with Gasteiger partial charge in [-0.3, -0.25) is 14.6 Å². The van der Waals surface area contributed by atoms with E-state index in [1.54, 1.807) is 24.4 Å². The highest BCUT2D eigenvalue weighted by atomic mass is 19.2. The highest BCUT2D eigenvalue weighted by Crippen LogP contribution is 2.22. The van der Waals surface area contributed by atoms with E-state index in [1.807, 2.05) is 4.90 Å². The van der Waals surface area contributed by atoms with E-state index < -0.39 is 29.1 Å². The van der Waals surface area contributed by atoms with E-state index in [4.69, 9.17) is 4.74 Å². The fraction of sp³-hybridized carbons (Fsp3) is 0.154. The van der Waals surface area contributed by atoms with Gasteiger partial charge in [-0.15, -0.1) is 0 Å². The van der Waals surface area contributed by atoms with Gasteiger partial charge in [0.1, 0.15) is 11.6 Å². The molecule has 0 bridgehead atoms. The zero-order valence-electron chi connectivity index (χ0n) is 18.8. The molecule has 1 amide bonds. The molecule has 0 spiro atoms. The molecule has 1 fully saturated rings. The predicted octanol–water partition coefficient (Wildman–Crippen LogP) is 4.37. The van der Waals surface area contributed by atoms with Crippen molar-refractivity contribution in [1.29, 1.82) is 0 Å². The Morgan fingerprint density at radius 3 is 2.39 bits per heavy atom. The Morgan fingerprint density at radius 1 is 0.833 bits per heavy atom. The first kappa shape index (κ1) is 23.4. The van der Waals surface area contributed by atoms with Crippen LogP contribution in [0.2, 0.25) is 0 Å². The van der Waals surface area contributed by atoms with Crippen LogP contribution in [-0.4, -0.2) is 48.0 Å². The first-order valence-corrected chi connectivity index (χ1v) is 11.1. The number of anilines is 2. The molecule has 1 saturated heterocycles. The van der Waals surface area contributed by atoms with Crippen LogP contribution in [0.4, 0.5) is 24.7 Å². The minimum atomic E-state index is -1.19. The number of nitrogens with zero attached hydrogens (tertiary/aromatic N) is 3. The number of ether oxygens (including phenoxy) is 1. The van der Waals surface area contributed by atoms with Crippen LogP contribution in [-0.2, 0) is 4.74 Å². The summed E-state index contributed by atoms with van der Waals surface area (Å²) in [5.74, 6) is -3.64. The molecule has 10 heteroatoms. The quantitative estimate of drug-likeness (QED) is 0.417. The SMILES string of the molecule is O=C(Nc1cc(F)cc(C(=O)c2ccc3ncc(N4CCOCC4)nc3c2)c1)c1ccc(F)c(F)c1. The zero-order chi connectivity index (χ0) is 25.2. The van der Waals surface area contributed by atoms with E-state index >= 15 is 0 Å². The third-order valence-electron chi connectivity index (χ3n) is 5.73. The number of carbonyl (C=O) groups excluding carboxylic acids is 2. The van der Waals surface area contributed by atoms with Crippen molar-refractivity contribution in [1.82, 2.24) is 9.97 Å². The van der Waals surface area contributed by atoms with Crippen LogP contribution in [0.1, 0.15) is 26.3 Å². The highest BCUT2D eigenvalue weighted by molar-refractivity contribution is 6.11. The second-order valence-corrected chi connectivity index (χ2v) is 8.17. The molecule has 1 aliphatic heterocycles. The Kier molecular flexibility index (Phi) is 6.34. The predicted molar refractivity (Wildman–Crippen MR) is 127 cm³/mol. The molecule has 4 aromatic rings. The van der Waals surface area contributed by atoms with Crippen LogP contribution in [0, 0.1) is 17.5 Å². The summed E-state index contributed by atoms with van der Waals surface area (Å²) >= 11 is 0. The number of rotatable bonds is 5. The number of halogens is 3. The van der Waals surface area contributed by atoms with Gasteiger partial charge in [0.25, 0.3) is 5.91 Å². The Hall–Kier alpha value is -4.31. The molecule has 36 heavy (non-hydrogen) atoms. The largest absolute Gasteiger partial charge is 0.378 e. The van der Waals surface area contributed by atoms with Crippen molar-refractivity contribution in [3.63, 3.8) is 0 Å². The second kappa shape index (κ2) is 9.74. The van der Waals surface area contributed by atoms with Gasteiger partial charge in [-0.25, -0.2) is 18.2 Å². The molecule has 5 rings (SSSR count). The molecular weight excluding hydrogens is 473 g/mol. The van der Waals surface area contributed by atoms with Gasteiger partial charge >= 0.3 is 0 Å². The van der Waals surface area contributed by atoms with Gasteiger partial charge < -0.3 is 15.0 Å². The smallest absolute Gasteiger partial charge is 0.255 e. The average molecular weight is 492 g/mol. The summed E-state index contributed by atoms with van der Waals surface area (Å²) in [6.45, 7) is 2.54. The van der Waals surface area contributed by atoms with E-state index in [2.05, 4.69) is 15.3 Å². The standard InChI is InChI=1S/C26H19F3N4O3/c27-18-9-17(10-19(13-18)31-26(35)16-1-3-20(28)21(29)11-16)25(34)15-2-4-22-23(12-15)32-24(14-30-22)33-5-7-36-8-6-33/h1-4,9-14H,5-8H2,(H,31,35). The molecule has 7 nitrogen and oxygen atoms in total. The number of amides is 1. The summed E-state index contributed by atoms with van der Waals surface area (Å²) in [6, 6.07) is 10.8. The van der Waals surface area contributed by atoms with E-state index in [0.717, 1.165) is 30.3 Å². The Bertz CT molecular complexity index is 1490. The summed E-state index contributed by atoms with van der Waals surface area (Å²) in [5.41, 5.74) is 1.19. The van der Waals surface area contributed by atoms with E-state index in [-0.39, 0.29) is 22.4 Å². The van der Waals surface area contributed by atoms with Crippen molar-refractivity contribution in [2.75, 3.05) is 36.5 Å². The van der Waals surface area contributed by atoms with Crippen LogP contribution < -0.4 is 10.2 Å². The number of ketones is 1. The van der Waals surface area contributed by atoms with Crippen LogP contribution in [0.5, 0.6) is 0 Å². The third kappa shape index (κ3) is 4.89. The van der Waals surface area contributed by atoms with Crippen molar-refractivity contribution >= 4 is 34.2 Å². The third-order valence-corrected chi connectivity index (χ3v) is 5.73. The molecule has 1 aliphatic rings. The zero-order valence-corrected chi connectivity index (χ0v) is 18.8. The Balaban J connectivity index is 1.41. The number of morpholine rings is 1. The van der Waals surface area contributed by atoms with Gasteiger partial charge in [0.2, 0.25) is 0 Å². The summed E-state index contributed by atoms with van der Waals surface area (Å²) < 4.78 is 46.3. The van der Waals surface area contributed by atoms with Crippen LogP contribution in [0.25, 0.3) is 11.0 Å². The molecule has 0 unspecified atom stereocenters. The van der Waals surface area contributed by atoms with Gasteiger partial charge in [-0.05, 0) is 54.6 Å². The Morgan fingerprint density at radius 2 is 1.61 bits per heavy atom. The van der Waals surface area contributed by atoms with Gasteiger partial charge in [-0.2, -0.15) is 0 Å². The van der Waals surface area contributed by atoms with Crippen molar-refractivity contribution in [3.05, 3.63) is 94.9 Å². The number of fused-ring (bicyclic) bond motifs is 1. The van der Waals surface area contributed by atoms with Crippen LogP contribution in [0.15, 0.2) is 60.8 Å². The number of benzene rings is 3. The lowest BCUT2D eigenvalue weighted by Crippen LogP contribution is -2.36. The van der Waals surface area contributed by atoms with Gasteiger partial charge in [0.05, 0.1) is 30.4 Å². The second-order valence-electron chi connectivity index (χ2n) is 8.17. The summed E-state index contributed by atoms with van der Waals surface area (Å²) in [6.07, 6.45) is 1.67. The van der Waals surface area contributed by atoms with E-state index in [1.165, 1.54) is 6.07 Å². The normalized spacial score (nSPS) is 13.6. The summed E-state index contributed by atoms with van der Waals surface area (Å²) in [7, 11) is 0. The molecular formula is C26H19F3N4O3. The molecule has 1 aromatic heterocycles. The monoisotopic (exact) mass is 492 g/mol. The Labute approximate surface area is 203 Å². The molecule has 0 aliphatic carbocycles. The van der Waals surface area contributed by atoms with E-state index in [9.17, 15) is 22.8 Å². The number of hydrogen-bond donors (Lipinski definition) is 1. The fourth-order valence-corrected chi connectivity index (χ4v) is 3.89. The number of aromatic nitrogens is 2. The lowest BCUT2D eigenvalue weighted by Gasteiger charge is -2.27. The van der Waals surface area contributed by atoms with E-state index in [0.29, 0.717) is 43.2 Å². The number of nitrogens with one attached hydrogen (secondary N) is 1. The fourth-order valence-electron chi connectivity index (χ4n) is 3.89. The molecule has 3 aromatic carbocycles. The van der Waals surface area contributed by atoms with Gasteiger partial charge in [0, 0.05) is 35.5 Å². The van der Waals surface area contributed by atoms with Crippen LogP contribution >= 0.6 is 0 Å². The highest BCUT2D eigenvalue weighted by Gasteiger charge is 2.17. The first-order chi connectivity index (χ1) is 17.4. The molecule has 2 heterocycles. The minimum absolute atomic E-state index is 0.00719. The minimum Gasteiger partial charge on any atom is -0.378 e.